The molecule has 0 aliphatic carbocycles. The summed E-state index contributed by atoms with van der Waals surface area (Å²) in [6.45, 7) is 3.37. The Labute approximate surface area is 207 Å². The zero-order chi connectivity index (χ0) is 24.2. The number of ether oxygens (including phenoxy) is 3. The first-order valence-corrected chi connectivity index (χ1v) is 12.6. The minimum absolute atomic E-state index is 0.0404. The van der Waals surface area contributed by atoms with Gasteiger partial charge in [0.15, 0.2) is 16.7 Å². The number of imidazole rings is 1. The van der Waals surface area contributed by atoms with Crippen molar-refractivity contribution in [3.63, 3.8) is 0 Å². The number of benzene rings is 2. The molecule has 1 fully saturated rings. The van der Waals surface area contributed by atoms with E-state index in [0.29, 0.717) is 56.6 Å². The highest BCUT2D eigenvalue weighted by Crippen LogP contribution is 2.31. The van der Waals surface area contributed by atoms with Gasteiger partial charge in [0.25, 0.3) is 5.91 Å². The number of aromatic nitrogens is 2. The van der Waals surface area contributed by atoms with E-state index in [0.717, 1.165) is 16.2 Å². The molecule has 2 aliphatic rings. The molecular formula is C25H28N4O5S. The van der Waals surface area contributed by atoms with Crippen molar-refractivity contribution in [2.45, 2.75) is 17.8 Å². The van der Waals surface area contributed by atoms with Crippen molar-refractivity contribution < 1.29 is 23.8 Å². The van der Waals surface area contributed by atoms with E-state index in [9.17, 15) is 9.59 Å². The topological polar surface area (TPSA) is 86.1 Å². The van der Waals surface area contributed by atoms with Crippen LogP contribution in [0.2, 0.25) is 0 Å². The van der Waals surface area contributed by atoms with Gasteiger partial charge in [0.05, 0.1) is 23.4 Å². The van der Waals surface area contributed by atoms with E-state index in [1.807, 2.05) is 47.4 Å². The number of thioether (sulfide) groups is 1. The fourth-order valence-electron chi connectivity index (χ4n) is 4.30. The number of rotatable bonds is 7. The molecule has 0 spiro atoms. The van der Waals surface area contributed by atoms with Gasteiger partial charge < -0.3 is 28.6 Å². The number of hydrogen-bond donors (Lipinski definition) is 0. The van der Waals surface area contributed by atoms with Gasteiger partial charge in [-0.2, -0.15) is 0 Å². The fourth-order valence-corrected chi connectivity index (χ4v) is 5.24. The Morgan fingerprint density at radius 2 is 1.74 bits per heavy atom. The van der Waals surface area contributed by atoms with Gasteiger partial charge in [0.1, 0.15) is 6.61 Å². The fraction of sp³-hybridized carbons (Fsp3) is 0.400. The zero-order valence-corrected chi connectivity index (χ0v) is 20.4. The van der Waals surface area contributed by atoms with Crippen LogP contribution in [0, 0.1) is 0 Å². The number of carbonyl (C=O) groups excluding carboxylic acids is 2. The maximum absolute atomic E-state index is 13.0. The average molecular weight is 497 g/mol. The Kier molecular flexibility index (Phi) is 7.10. The van der Waals surface area contributed by atoms with Gasteiger partial charge in [-0.25, -0.2) is 4.98 Å². The van der Waals surface area contributed by atoms with E-state index in [1.54, 1.807) is 18.1 Å². The molecule has 3 heterocycles. The van der Waals surface area contributed by atoms with Crippen LogP contribution >= 0.6 is 11.8 Å². The summed E-state index contributed by atoms with van der Waals surface area (Å²) in [5.74, 6) is 1.46. The second kappa shape index (κ2) is 10.6. The van der Waals surface area contributed by atoms with Crippen LogP contribution in [0.15, 0.2) is 53.7 Å². The molecule has 35 heavy (non-hydrogen) atoms. The van der Waals surface area contributed by atoms with Gasteiger partial charge in [-0.05, 0) is 24.3 Å². The lowest BCUT2D eigenvalue weighted by molar-refractivity contribution is -0.145. The molecule has 0 unspecified atom stereocenters. The first-order valence-electron chi connectivity index (χ1n) is 11.7. The lowest BCUT2D eigenvalue weighted by atomic mass is 10.2. The highest BCUT2D eigenvalue weighted by molar-refractivity contribution is 7.99. The molecule has 5 rings (SSSR count). The molecule has 1 aromatic heterocycles. The number of methoxy groups -OCH3 is 1. The Morgan fingerprint density at radius 1 is 1.03 bits per heavy atom. The molecule has 2 amide bonds. The van der Waals surface area contributed by atoms with Crippen molar-refractivity contribution in [1.82, 2.24) is 19.4 Å². The molecule has 9 nitrogen and oxygen atoms in total. The van der Waals surface area contributed by atoms with E-state index in [1.165, 1.54) is 11.8 Å². The largest absolute Gasteiger partial charge is 0.485 e. The Bertz CT molecular complexity index is 1210. The monoisotopic (exact) mass is 496 g/mol. The maximum Gasteiger partial charge on any atom is 0.267 e. The van der Waals surface area contributed by atoms with Crippen molar-refractivity contribution in [2.75, 3.05) is 52.3 Å². The predicted octanol–water partition coefficient (Wildman–Crippen LogP) is 2.29. The number of nitrogens with zero attached hydrogens (tertiary/aromatic N) is 4. The van der Waals surface area contributed by atoms with Gasteiger partial charge in [0, 0.05) is 39.8 Å². The summed E-state index contributed by atoms with van der Waals surface area (Å²) >= 11 is 1.44. The molecule has 1 saturated heterocycles. The van der Waals surface area contributed by atoms with Crippen LogP contribution in [0.1, 0.15) is 0 Å². The normalized spacial score (nSPS) is 17.6. The molecule has 1 atom stereocenters. The Hall–Kier alpha value is -3.24. The number of amides is 2. The van der Waals surface area contributed by atoms with E-state index < -0.39 is 6.10 Å². The first kappa shape index (κ1) is 23.5. The van der Waals surface area contributed by atoms with Crippen LogP contribution in [-0.2, 0) is 20.9 Å². The van der Waals surface area contributed by atoms with Crippen LogP contribution in [0.3, 0.4) is 0 Å². The Morgan fingerprint density at radius 3 is 2.54 bits per heavy atom. The quantitative estimate of drug-likeness (QED) is 0.464. The summed E-state index contributed by atoms with van der Waals surface area (Å²) in [6.07, 6.45) is -0.664. The summed E-state index contributed by atoms with van der Waals surface area (Å²) in [4.78, 5) is 34.1. The second-order valence-corrected chi connectivity index (χ2v) is 9.33. The zero-order valence-electron chi connectivity index (χ0n) is 19.6. The van der Waals surface area contributed by atoms with Gasteiger partial charge in [-0.15, -0.1) is 0 Å². The molecule has 3 aromatic rings. The molecule has 2 aromatic carbocycles. The van der Waals surface area contributed by atoms with Gasteiger partial charge in [-0.3, -0.25) is 9.59 Å². The summed E-state index contributed by atoms with van der Waals surface area (Å²) < 4.78 is 18.9. The summed E-state index contributed by atoms with van der Waals surface area (Å²) in [7, 11) is 1.67. The number of carbonyl (C=O) groups is 2. The van der Waals surface area contributed by atoms with Gasteiger partial charge in [0.2, 0.25) is 12.0 Å². The SMILES string of the molecule is COCCn1c(SCC(=O)N2CCN(C(=O)[C@H]3COc4ccccc4O3)CC2)nc2ccccc21. The molecular weight excluding hydrogens is 468 g/mol. The van der Waals surface area contributed by atoms with Crippen molar-refractivity contribution in [1.29, 1.82) is 0 Å². The smallest absolute Gasteiger partial charge is 0.267 e. The molecule has 0 N–H and O–H groups in total. The second-order valence-electron chi connectivity index (χ2n) is 8.39. The average Bonchev–Trinajstić information content (AvgIpc) is 3.27. The third kappa shape index (κ3) is 5.08. The summed E-state index contributed by atoms with van der Waals surface area (Å²) in [6, 6.07) is 15.3. The third-order valence-corrected chi connectivity index (χ3v) is 7.15. The van der Waals surface area contributed by atoms with Gasteiger partial charge in [-0.1, -0.05) is 36.0 Å². The van der Waals surface area contributed by atoms with E-state index in [-0.39, 0.29) is 18.4 Å². The summed E-state index contributed by atoms with van der Waals surface area (Å²) in [5, 5.41) is 0.806. The molecule has 0 saturated carbocycles. The number of hydrogen-bond acceptors (Lipinski definition) is 7. The molecule has 184 valence electrons. The summed E-state index contributed by atoms with van der Waals surface area (Å²) in [5.41, 5.74) is 1.94. The molecule has 0 bridgehead atoms. The van der Waals surface area contributed by atoms with E-state index >= 15 is 0 Å². The third-order valence-electron chi connectivity index (χ3n) is 6.19. The van der Waals surface area contributed by atoms with E-state index in [2.05, 4.69) is 4.57 Å². The Balaban J connectivity index is 1.14. The number of para-hydroxylation sites is 4. The molecule has 2 aliphatic heterocycles. The predicted molar refractivity (Wildman–Crippen MR) is 132 cm³/mol. The van der Waals surface area contributed by atoms with Crippen LogP contribution in [-0.4, -0.2) is 89.5 Å². The lowest BCUT2D eigenvalue weighted by Crippen LogP contribution is -2.55. The van der Waals surface area contributed by atoms with Crippen LogP contribution < -0.4 is 9.47 Å². The minimum atomic E-state index is -0.664. The van der Waals surface area contributed by atoms with E-state index in [4.69, 9.17) is 19.2 Å². The minimum Gasteiger partial charge on any atom is -0.485 e. The number of fused-ring (bicyclic) bond motifs is 2. The molecule has 10 heteroatoms. The van der Waals surface area contributed by atoms with Gasteiger partial charge >= 0.3 is 0 Å². The van der Waals surface area contributed by atoms with Crippen molar-refractivity contribution in [3.05, 3.63) is 48.5 Å². The van der Waals surface area contributed by atoms with Crippen LogP contribution in [0.5, 0.6) is 11.5 Å². The van der Waals surface area contributed by atoms with Crippen molar-refractivity contribution >= 4 is 34.6 Å². The first-order chi connectivity index (χ1) is 17.1. The van der Waals surface area contributed by atoms with Crippen LogP contribution in [0.25, 0.3) is 11.0 Å². The van der Waals surface area contributed by atoms with Crippen molar-refractivity contribution in [2.24, 2.45) is 0 Å². The number of piperazine rings is 1. The highest BCUT2D eigenvalue weighted by atomic mass is 32.2. The highest BCUT2D eigenvalue weighted by Gasteiger charge is 2.33. The lowest BCUT2D eigenvalue weighted by Gasteiger charge is -2.37. The standard InChI is InChI=1S/C25H28N4O5S/c1-32-15-14-29-19-7-3-2-6-18(19)26-25(29)35-17-23(30)27-10-12-28(13-11-27)24(31)22-16-33-20-8-4-5-9-21(20)34-22/h2-9,22H,10-17H2,1H3/t22-/m1/s1. The van der Waals surface area contributed by atoms with Crippen molar-refractivity contribution in [3.8, 4) is 11.5 Å². The molecule has 0 radical (unpaired) electrons. The van der Waals surface area contributed by atoms with Crippen LogP contribution in [0.4, 0.5) is 0 Å². The maximum atomic E-state index is 13.0.